The Morgan fingerprint density at radius 1 is 1.39 bits per heavy atom. The van der Waals surface area contributed by atoms with Gasteiger partial charge in [0.25, 0.3) is 5.91 Å². The first-order valence-corrected chi connectivity index (χ1v) is 6.49. The van der Waals surface area contributed by atoms with E-state index in [1.54, 1.807) is 0 Å². The van der Waals surface area contributed by atoms with Crippen LogP contribution in [0.15, 0.2) is 24.4 Å². The first kappa shape index (κ1) is 11.3. The van der Waals surface area contributed by atoms with Crippen LogP contribution in [0.3, 0.4) is 0 Å². The molecule has 18 heavy (non-hydrogen) atoms. The number of hydrogen-bond donors (Lipinski definition) is 1. The third kappa shape index (κ3) is 1.98. The van der Waals surface area contributed by atoms with Gasteiger partial charge in [0.2, 0.25) is 0 Å². The highest BCUT2D eigenvalue weighted by Gasteiger charge is 2.19. The van der Waals surface area contributed by atoms with Crippen LogP contribution < -0.4 is 5.32 Å². The van der Waals surface area contributed by atoms with Crippen LogP contribution in [0.5, 0.6) is 0 Å². The summed E-state index contributed by atoms with van der Waals surface area (Å²) in [6, 6.07) is 6.21. The molecule has 4 nitrogen and oxygen atoms in total. The summed E-state index contributed by atoms with van der Waals surface area (Å²) in [6.45, 7) is 2.01. The molecule has 0 saturated heterocycles. The molecule has 1 aliphatic rings. The maximum absolute atomic E-state index is 12.1. The summed E-state index contributed by atoms with van der Waals surface area (Å²) in [6.07, 6.45) is 6.44. The first-order valence-electron chi connectivity index (χ1n) is 6.49. The van der Waals surface area contributed by atoms with Crippen LogP contribution in [-0.4, -0.2) is 21.3 Å². The smallest absolute Gasteiger partial charge is 0.271 e. The van der Waals surface area contributed by atoms with E-state index in [9.17, 15) is 4.79 Å². The standard InChI is InChI=1S/C14H17N3O/c1-10-5-4-8-13-16-12(9-17(10)13)14(18)15-11-6-2-3-7-11/h4-5,8-9,11H,2-3,6-7H2,1H3,(H,15,18). The summed E-state index contributed by atoms with van der Waals surface area (Å²) < 4.78 is 1.95. The number of pyridine rings is 1. The molecule has 1 fully saturated rings. The zero-order valence-corrected chi connectivity index (χ0v) is 10.5. The molecular formula is C14H17N3O. The number of aryl methyl sites for hydroxylation is 1. The molecule has 0 unspecified atom stereocenters. The fraction of sp³-hybridized carbons (Fsp3) is 0.429. The summed E-state index contributed by atoms with van der Waals surface area (Å²) in [4.78, 5) is 16.5. The average molecular weight is 243 g/mol. The number of nitrogens with zero attached hydrogens (tertiary/aromatic N) is 2. The Bertz CT molecular complexity index is 582. The maximum Gasteiger partial charge on any atom is 0.271 e. The minimum atomic E-state index is -0.0509. The third-order valence-electron chi connectivity index (χ3n) is 3.62. The molecule has 0 aliphatic heterocycles. The van der Waals surface area contributed by atoms with Crippen molar-refractivity contribution in [2.45, 2.75) is 38.6 Å². The largest absolute Gasteiger partial charge is 0.348 e. The number of nitrogens with one attached hydrogen (secondary N) is 1. The molecule has 3 rings (SSSR count). The van der Waals surface area contributed by atoms with Crippen LogP contribution in [0.2, 0.25) is 0 Å². The number of carbonyl (C=O) groups is 1. The van der Waals surface area contributed by atoms with Crippen molar-refractivity contribution in [3.63, 3.8) is 0 Å². The lowest BCUT2D eigenvalue weighted by molar-refractivity contribution is 0.0933. The van der Waals surface area contributed by atoms with Crippen molar-refractivity contribution >= 4 is 11.6 Å². The molecule has 1 amide bonds. The maximum atomic E-state index is 12.1. The Morgan fingerprint density at radius 2 is 2.17 bits per heavy atom. The van der Waals surface area contributed by atoms with E-state index in [0.717, 1.165) is 24.2 Å². The highest BCUT2D eigenvalue weighted by molar-refractivity contribution is 5.93. The molecule has 0 atom stereocenters. The predicted molar refractivity (Wildman–Crippen MR) is 69.7 cm³/mol. The van der Waals surface area contributed by atoms with E-state index in [4.69, 9.17) is 0 Å². The lowest BCUT2D eigenvalue weighted by atomic mass is 10.2. The number of fused-ring (bicyclic) bond motifs is 1. The number of hydrogen-bond acceptors (Lipinski definition) is 2. The highest BCUT2D eigenvalue weighted by Crippen LogP contribution is 2.18. The Hall–Kier alpha value is -1.84. The van der Waals surface area contributed by atoms with Crippen LogP contribution in [-0.2, 0) is 0 Å². The van der Waals surface area contributed by atoms with Crippen LogP contribution in [0.1, 0.15) is 41.9 Å². The summed E-state index contributed by atoms with van der Waals surface area (Å²) in [5.41, 5.74) is 2.42. The zero-order chi connectivity index (χ0) is 12.5. The van der Waals surface area contributed by atoms with E-state index in [1.807, 2.05) is 35.7 Å². The van der Waals surface area contributed by atoms with Crippen LogP contribution in [0.4, 0.5) is 0 Å². The van der Waals surface area contributed by atoms with Gasteiger partial charge in [-0.2, -0.15) is 0 Å². The molecule has 1 saturated carbocycles. The van der Waals surface area contributed by atoms with E-state index < -0.39 is 0 Å². The number of amides is 1. The second-order valence-electron chi connectivity index (χ2n) is 4.98. The van der Waals surface area contributed by atoms with E-state index in [2.05, 4.69) is 10.3 Å². The van der Waals surface area contributed by atoms with Gasteiger partial charge in [0.05, 0.1) is 0 Å². The van der Waals surface area contributed by atoms with Gasteiger partial charge in [-0.25, -0.2) is 4.98 Å². The molecule has 0 aromatic carbocycles. The first-order chi connectivity index (χ1) is 8.74. The van der Waals surface area contributed by atoms with Gasteiger partial charge in [0.15, 0.2) is 0 Å². The summed E-state index contributed by atoms with van der Waals surface area (Å²) in [7, 11) is 0. The van der Waals surface area contributed by atoms with Gasteiger partial charge in [-0.3, -0.25) is 4.79 Å². The van der Waals surface area contributed by atoms with Gasteiger partial charge in [0, 0.05) is 17.9 Å². The molecule has 2 heterocycles. The molecule has 0 radical (unpaired) electrons. The fourth-order valence-electron chi connectivity index (χ4n) is 2.59. The lowest BCUT2D eigenvalue weighted by Crippen LogP contribution is -2.32. The third-order valence-corrected chi connectivity index (χ3v) is 3.62. The van der Waals surface area contributed by atoms with Crippen molar-refractivity contribution < 1.29 is 4.79 Å². The van der Waals surface area contributed by atoms with Gasteiger partial charge in [-0.05, 0) is 31.9 Å². The molecule has 1 N–H and O–H groups in total. The second kappa shape index (κ2) is 4.44. The quantitative estimate of drug-likeness (QED) is 0.879. The van der Waals surface area contributed by atoms with Crippen molar-refractivity contribution in [1.29, 1.82) is 0 Å². The van der Waals surface area contributed by atoms with Crippen molar-refractivity contribution in [3.8, 4) is 0 Å². The number of imidazole rings is 1. The minimum absolute atomic E-state index is 0.0509. The van der Waals surface area contributed by atoms with E-state index in [1.165, 1.54) is 12.8 Å². The summed E-state index contributed by atoms with van der Waals surface area (Å²) in [5.74, 6) is -0.0509. The zero-order valence-electron chi connectivity index (χ0n) is 10.5. The topological polar surface area (TPSA) is 46.4 Å². The second-order valence-corrected chi connectivity index (χ2v) is 4.98. The molecular weight excluding hydrogens is 226 g/mol. The molecule has 0 bridgehead atoms. The van der Waals surface area contributed by atoms with Gasteiger partial charge < -0.3 is 9.72 Å². The number of carbonyl (C=O) groups excluding carboxylic acids is 1. The Kier molecular flexibility index (Phi) is 2.78. The lowest BCUT2D eigenvalue weighted by Gasteiger charge is -2.09. The van der Waals surface area contributed by atoms with Crippen molar-refractivity contribution in [2.24, 2.45) is 0 Å². The number of aromatic nitrogens is 2. The van der Waals surface area contributed by atoms with Crippen molar-refractivity contribution in [1.82, 2.24) is 14.7 Å². The van der Waals surface area contributed by atoms with Gasteiger partial charge in [-0.15, -0.1) is 0 Å². The van der Waals surface area contributed by atoms with Crippen LogP contribution in [0.25, 0.3) is 5.65 Å². The van der Waals surface area contributed by atoms with Gasteiger partial charge >= 0.3 is 0 Å². The minimum Gasteiger partial charge on any atom is -0.348 e. The monoisotopic (exact) mass is 243 g/mol. The Morgan fingerprint density at radius 3 is 2.89 bits per heavy atom. The van der Waals surface area contributed by atoms with E-state index in [-0.39, 0.29) is 5.91 Å². The molecule has 94 valence electrons. The molecule has 2 aromatic rings. The number of rotatable bonds is 2. The predicted octanol–water partition coefficient (Wildman–Crippen LogP) is 2.32. The van der Waals surface area contributed by atoms with Gasteiger partial charge in [0.1, 0.15) is 11.3 Å². The Balaban J connectivity index is 1.85. The normalized spacial score (nSPS) is 16.3. The summed E-state index contributed by atoms with van der Waals surface area (Å²) in [5, 5.41) is 3.06. The Labute approximate surface area is 106 Å². The van der Waals surface area contributed by atoms with E-state index in [0.29, 0.717) is 11.7 Å². The molecule has 4 heteroatoms. The van der Waals surface area contributed by atoms with Gasteiger partial charge in [-0.1, -0.05) is 18.9 Å². The fourth-order valence-corrected chi connectivity index (χ4v) is 2.59. The average Bonchev–Trinajstić information content (AvgIpc) is 2.97. The van der Waals surface area contributed by atoms with Crippen molar-refractivity contribution in [2.75, 3.05) is 0 Å². The highest BCUT2D eigenvalue weighted by atomic mass is 16.2. The SMILES string of the molecule is Cc1cccc2nc(C(=O)NC3CCCC3)cn12. The van der Waals surface area contributed by atoms with E-state index >= 15 is 0 Å². The van der Waals surface area contributed by atoms with Crippen LogP contribution >= 0.6 is 0 Å². The summed E-state index contributed by atoms with van der Waals surface area (Å²) >= 11 is 0. The molecule has 2 aromatic heterocycles. The van der Waals surface area contributed by atoms with Crippen molar-refractivity contribution in [3.05, 3.63) is 35.8 Å². The molecule has 0 spiro atoms. The van der Waals surface area contributed by atoms with Crippen LogP contribution in [0, 0.1) is 6.92 Å². The molecule has 1 aliphatic carbocycles.